The minimum Gasteiger partial charge on any atom is -0.508 e. The van der Waals surface area contributed by atoms with Crippen LogP contribution in [0.2, 0.25) is 0 Å². The number of hydrogen-bond donors (Lipinski definition) is 3. The molecule has 3 N–H and O–H groups in total. The number of hydrogen-bond acceptors (Lipinski definition) is 10. The molecule has 0 aliphatic carbocycles. The third kappa shape index (κ3) is 9.87. The highest BCUT2D eigenvalue weighted by atomic mass is 16.5. The number of rotatable bonds is 17. The number of phenols is 1. The minimum absolute atomic E-state index is 0.0403. The second kappa shape index (κ2) is 18.5. The summed E-state index contributed by atoms with van der Waals surface area (Å²) in [5.74, 6) is 2.56. The lowest BCUT2D eigenvalue weighted by Gasteiger charge is -2.42. The Labute approximate surface area is 305 Å². The molecule has 0 spiro atoms. The molecule has 11 nitrogen and oxygen atoms in total. The van der Waals surface area contributed by atoms with Crippen molar-refractivity contribution in [1.29, 1.82) is 0 Å². The Balaban J connectivity index is 1.09. The van der Waals surface area contributed by atoms with Crippen molar-refractivity contribution < 1.29 is 39.1 Å². The summed E-state index contributed by atoms with van der Waals surface area (Å²) in [6.07, 6.45) is 1.65. The highest BCUT2D eigenvalue weighted by molar-refractivity contribution is 5.79. The molecule has 0 radical (unpaired) electrons. The Morgan fingerprint density at radius 1 is 0.827 bits per heavy atom. The molecule has 4 aromatic rings. The van der Waals surface area contributed by atoms with E-state index in [-0.39, 0.29) is 37.3 Å². The van der Waals surface area contributed by atoms with Crippen molar-refractivity contribution in [2.45, 2.75) is 38.5 Å². The molecule has 2 aliphatic rings. The molecule has 1 atom stereocenters. The maximum absolute atomic E-state index is 13.5. The van der Waals surface area contributed by atoms with Crippen LogP contribution in [-0.2, 0) is 29.2 Å². The summed E-state index contributed by atoms with van der Waals surface area (Å²) in [5, 5.41) is 28.9. The lowest BCUT2D eigenvalue weighted by molar-refractivity contribution is -0.131. The van der Waals surface area contributed by atoms with Crippen molar-refractivity contribution in [2.75, 3.05) is 75.6 Å². The summed E-state index contributed by atoms with van der Waals surface area (Å²) in [5.41, 5.74) is 4.41. The largest absolute Gasteiger partial charge is 0.508 e. The number of aromatic hydroxyl groups is 1. The summed E-state index contributed by atoms with van der Waals surface area (Å²) in [6, 6.07) is 28.4. The standard InChI is InChI=1S/C41H49N3O8/c45-20-4-16-42-19-23-51-40-15-14-37(26-38(40)42)52-30-35-27-43(41(48)25-31-6-3-7-32(24-31)28-46)17-18-44(35)34-10-12-36(13-11-34)50-22-5-21-49-29-33-8-1-2-9-39(33)47/h1-3,6-15,24,26,35,45-47H,4-5,16-23,25,27-30H2/t35-/m1/s1. The smallest absolute Gasteiger partial charge is 0.227 e. The van der Waals surface area contributed by atoms with Crippen LogP contribution < -0.4 is 24.0 Å². The first-order valence-electron chi connectivity index (χ1n) is 18.1. The topological polar surface area (TPSA) is 124 Å². The molecule has 1 amide bonds. The van der Waals surface area contributed by atoms with Gasteiger partial charge in [0.25, 0.3) is 0 Å². The van der Waals surface area contributed by atoms with E-state index in [9.17, 15) is 20.1 Å². The normalized spacial score (nSPS) is 15.6. The van der Waals surface area contributed by atoms with Crippen LogP contribution >= 0.6 is 0 Å². The predicted molar refractivity (Wildman–Crippen MR) is 199 cm³/mol. The van der Waals surface area contributed by atoms with E-state index >= 15 is 0 Å². The van der Waals surface area contributed by atoms with E-state index in [2.05, 4.69) is 9.80 Å². The molecule has 0 bridgehead atoms. The van der Waals surface area contributed by atoms with Gasteiger partial charge >= 0.3 is 0 Å². The number of aliphatic hydroxyl groups excluding tert-OH is 2. The van der Waals surface area contributed by atoms with E-state index in [0.29, 0.717) is 65.5 Å². The van der Waals surface area contributed by atoms with E-state index in [1.807, 2.05) is 83.8 Å². The summed E-state index contributed by atoms with van der Waals surface area (Å²) >= 11 is 0. The van der Waals surface area contributed by atoms with E-state index in [1.165, 1.54) is 0 Å². The zero-order valence-electron chi connectivity index (χ0n) is 29.6. The third-order valence-electron chi connectivity index (χ3n) is 9.40. The zero-order chi connectivity index (χ0) is 36.1. The van der Waals surface area contributed by atoms with Gasteiger partial charge in [0.05, 0.1) is 51.1 Å². The van der Waals surface area contributed by atoms with E-state index in [4.69, 9.17) is 18.9 Å². The zero-order valence-corrected chi connectivity index (χ0v) is 29.6. The highest BCUT2D eigenvalue weighted by Gasteiger charge is 2.31. The number of amides is 1. The molecule has 2 aliphatic heterocycles. The van der Waals surface area contributed by atoms with Gasteiger partial charge in [-0.05, 0) is 60.0 Å². The molecule has 2 heterocycles. The predicted octanol–water partition coefficient (Wildman–Crippen LogP) is 4.79. The second-order valence-electron chi connectivity index (χ2n) is 13.1. The first-order valence-corrected chi connectivity index (χ1v) is 18.1. The SMILES string of the molecule is O=C(Cc1cccc(CO)c1)N1CCN(c2ccc(OCCCOCc3ccccc3O)cc2)[C@@H](COc2ccc3c(c2)N(CCCO)CCO3)C1. The van der Waals surface area contributed by atoms with Gasteiger partial charge in [0.1, 0.15) is 36.2 Å². The summed E-state index contributed by atoms with van der Waals surface area (Å²) < 4.78 is 24.0. The fraction of sp³-hybridized carbons (Fsp3) is 0.390. The van der Waals surface area contributed by atoms with Crippen molar-refractivity contribution in [3.8, 4) is 23.0 Å². The number of carbonyl (C=O) groups excluding carboxylic acids is 1. The molecule has 1 saturated heterocycles. The molecule has 4 aromatic carbocycles. The van der Waals surface area contributed by atoms with Gasteiger partial charge in [-0.3, -0.25) is 4.79 Å². The lowest BCUT2D eigenvalue weighted by Crippen LogP contribution is -2.57. The number of nitrogens with zero attached hydrogens (tertiary/aromatic N) is 3. The van der Waals surface area contributed by atoms with Gasteiger partial charge in [0.15, 0.2) is 0 Å². The number of para-hydroxylation sites is 1. The van der Waals surface area contributed by atoms with Crippen LogP contribution in [0.25, 0.3) is 0 Å². The molecular weight excluding hydrogens is 662 g/mol. The van der Waals surface area contributed by atoms with Crippen molar-refractivity contribution >= 4 is 17.3 Å². The fourth-order valence-electron chi connectivity index (χ4n) is 6.62. The van der Waals surface area contributed by atoms with Crippen LogP contribution in [0.5, 0.6) is 23.0 Å². The van der Waals surface area contributed by atoms with E-state index < -0.39 is 0 Å². The monoisotopic (exact) mass is 711 g/mol. The van der Waals surface area contributed by atoms with Gasteiger partial charge in [-0.2, -0.15) is 0 Å². The number of ether oxygens (including phenoxy) is 4. The van der Waals surface area contributed by atoms with Gasteiger partial charge in [-0.1, -0.05) is 42.5 Å². The van der Waals surface area contributed by atoms with Gasteiger partial charge in [0.2, 0.25) is 5.91 Å². The van der Waals surface area contributed by atoms with Crippen LogP contribution in [0.15, 0.2) is 91.0 Å². The Morgan fingerprint density at radius 2 is 1.65 bits per heavy atom. The Bertz CT molecular complexity index is 1740. The molecule has 0 unspecified atom stereocenters. The van der Waals surface area contributed by atoms with Crippen LogP contribution in [0, 0.1) is 0 Å². The Kier molecular flexibility index (Phi) is 13.1. The molecule has 276 valence electrons. The number of piperazine rings is 1. The van der Waals surface area contributed by atoms with Crippen LogP contribution in [0.4, 0.5) is 11.4 Å². The second-order valence-corrected chi connectivity index (χ2v) is 13.1. The number of benzene rings is 4. The summed E-state index contributed by atoms with van der Waals surface area (Å²) in [4.78, 5) is 20.0. The highest BCUT2D eigenvalue weighted by Crippen LogP contribution is 2.35. The van der Waals surface area contributed by atoms with Crippen molar-refractivity contribution in [3.63, 3.8) is 0 Å². The molecular formula is C41H49N3O8. The Morgan fingerprint density at radius 3 is 2.48 bits per heavy atom. The lowest BCUT2D eigenvalue weighted by atomic mass is 10.1. The van der Waals surface area contributed by atoms with E-state index in [0.717, 1.165) is 58.4 Å². The van der Waals surface area contributed by atoms with Gasteiger partial charge in [0, 0.05) is 56.5 Å². The molecule has 11 heteroatoms. The maximum atomic E-state index is 13.5. The van der Waals surface area contributed by atoms with Crippen LogP contribution in [0.3, 0.4) is 0 Å². The number of carbonyl (C=O) groups is 1. The average Bonchev–Trinajstić information content (AvgIpc) is 3.18. The quantitative estimate of drug-likeness (QED) is 0.132. The first kappa shape index (κ1) is 36.8. The van der Waals surface area contributed by atoms with Crippen LogP contribution in [-0.4, -0.2) is 97.9 Å². The molecule has 6 rings (SSSR count). The van der Waals surface area contributed by atoms with E-state index in [1.54, 1.807) is 12.1 Å². The average molecular weight is 712 g/mol. The maximum Gasteiger partial charge on any atom is 0.227 e. The number of anilines is 2. The summed E-state index contributed by atoms with van der Waals surface area (Å²) in [7, 11) is 0. The summed E-state index contributed by atoms with van der Waals surface area (Å²) in [6.45, 7) is 5.59. The van der Waals surface area contributed by atoms with Gasteiger partial charge in [-0.25, -0.2) is 0 Å². The Hall–Kier alpha value is -4.97. The number of fused-ring (bicyclic) bond motifs is 1. The van der Waals surface area contributed by atoms with Crippen molar-refractivity contribution in [3.05, 3.63) is 108 Å². The van der Waals surface area contributed by atoms with Crippen LogP contribution in [0.1, 0.15) is 29.5 Å². The van der Waals surface area contributed by atoms with Crippen molar-refractivity contribution in [1.82, 2.24) is 4.90 Å². The fourth-order valence-corrected chi connectivity index (χ4v) is 6.62. The third-order valence-corrected chi connectivity index (χ3v) is 9.40. The van der Waals surface area contributed by atoms with Gasteiger partial charge < -0.3 is 49.0 Å². The van der Waals surface area contributed by atoms with Gasteiger partial charge in [-0.15, -0.1) is 0 Å². The molecule has 0 aromatic heterocycles. The molecule has 1 fully saturated rings. The van der Waals surface area contributed by atoms with Crippen molar-refractivity contribution in [2.24, 2.45) is 0 Å². The molecule has 0 saturated carbocycles. The first-order chi connectivity index (χ1) is 25.5. The molecule has 52 heavy (non-hydrogen) atoms. The number of phenolic OH excluding ortho intramolecular Hbond substituents is 1. The number of aliphatic hydroxyl groups is 2. The minimum atomic E-state index is -0.118.